The molecule has 2 amide bonds. The van der Waals surface area contributed by atoms with Crippen molar-refractivity contribution in [3.63, 3.8) is 0 Å². The van der Waals surface area contributed by atoms with E-state index in [2.05, 4.69) is 25.7 Å². The van der Waals surface area contributed by atoms with Crippen LogP contribution in [0.4, 0.5) is 16.2 Å². The summed E-state index contributed by atoms with van der Waals surface area (Å²) in [6, 6.07) is 5.26. The van der Waals surface area contributed by atoms with Crippen molar-refractivity contribution in [3.05, 3.63) is 51.7 Å². The van der Waals surface area contributed by atoms with Gasteiger partial charge in [-0.1, -0.05) is 19.4 Å². The highest BCUT2D eigenvalue weighted by Crippen LogP contribution is 2.15. The van der Waals surface area contributed by atoms with Crippen LogP contribution in [-0.2, 0) is 6.42 Å². The second kappa shape index (κ2) is 6.76. The minimum absolute atomic E-state index is 0.158. The number of nitrogens with zero attached hydrogens (tertiary/aromatic N) is 3. The Bertz CT molecular complexity index is 968. The predicted molar refractivity (Wildman–Crippen MR) is 96.2 cm³/mol. The van der Waals surface area contributed by atoms with Gasteiger partial charge in [-0.25, -0.2) is 14.8 Å². The molecule has 2 aromatic heterocycles. The first-order valence-electron chi connectivity index (χ1n) is 8.09. The molecule has 0 aliphatic carbocycles. The molecular formula is C17H20N6O2. The molecule has 0 spiro atoms. The molecule has 0 aliphatic heterocycles. The van der Waals surface area contributed by atoms with Gasteiger partial charge in [-0.15, -0.1) is 0 Å². The van der Waals surface area contributed by atoms with Gasteiger partial charge in [0.15, 0.2) is 0 Å². The normalized spacial score (nSPS) is 10.8. The second-order valence-corrected chi connectivity index (χ2v) is 5.97. The number of rotatable bonds is 4. The Morgan fingerprint density at radius 2 is 1.92 bits per heavy atom. The first-order chi connectivity index (χ1) is 12.0. The van der Waals surface area contributed by atoms with Gasteiger partial charge in [0.05, 0.1) is 5.69 Å². The van der Waals surface area contributed by atoms with Crippen LogP contribution in [0.25, 0.3) is 5.78 Å². The fourth-order valence-corrected chi connectivity index (χ4v) is 2.77. The Morgan fingerprint density at radius 1 is 1.20 bits per heavy atom. The molecule has 8 heteroatoms. The van der Waals surface area contributed by atoms with Gasteiger partial charge >= 0.3 is 6.03 Å². The molecule has 0 saturated heterocycles. The quantitative estimate of drug-likeness (QED) is 0.679. The van der Waals surface area contributed by atoms with Crippen molar-refractivity contribution in [2.24, 2.45) is 0 Å². The monoisotopic (exact) mass is 340 g/mol. The number of amides is 2. The lowest BCUT2D eigenvalue weighted by Gasteiger charge is -2.11. The fraction of sp³-hybridized carbons (Fsp3) is 0.294. The molecule has 0 fully saturated rings. The number of H-pyrrole nitrogens is 1. The number of urea groups is 1. The molecule has 1 aromatic carbocycles. The lowest BCUT2D eigenvalue weighted by atomic mass is 10.1. The molecule has 0 saturated carbocycles. The van der Waals surface area contributed by atoms with E-state index < -0.39 is 6.03 Å². The van der Waals surface area contributed by atoms with E-state index in [9.17, 15) is 9.59 Å². The van der Waals surface area contributed by atoms with Crippen LogP contribution in [0, 0.1) is 13.8 Å². The average molecular weight is 340 g/mol. The molecular weight excluding hydrogens is 320 g/mol. The van der Waals surface area contributed by atoms with Gasteiger partial charge in [-0.2, -0.15) is 4.52 Å². The first-order valence-corrected chi connectivity index (χ1v) is 8.09. The number of anilines is 2. The molecule has 2 heterocycles. The SMILES string of the molecule is CCCc1nc2nc[nH]n2c(=O)c1NC(=O)Nc1cc(C)cc(C)c1. The number of hydrogen-bond acceptors (Lipinski definition) is 4. The van der Waals surface area contributed by atoms with E-state index in [1.165, 1.54) is 10.8 Å². The molecule has 0 unspecified atom stereocenters. The van der Waals surface area contributed by atoms with Gasteiger partial charge in [0.2, 0.25) is 0 Å². The zero-order valence-electron chi connectivity index (χ0n) is 14.4. The highest BCUT2D eigenvalue weighted by atomic mass is 16.2. The topological polar surface area (TPSA) is 104 Å². The maximum absolute atomic E-state index is 12.6. The number of hydrogen-bond donors (Lipinski definition) is 3. The van der Waals surface area contributed by atoms with E-state index in [1.807, 2.05) is 39.0 Å². The number of nitrogens with one attached hydrogen (secondary N) is 3. The number of carbonyl (C=O) groups excluding carboxylic acids is 1. The van der Waals surface area contributed by atoms with E-state index in [4.69, 9.17) is 0 Å². The minimum Gasteiger partial charge on any atom is -0.308 e. The lowest BCUT2D eigenvalue weighted by molar-refractivity contribution is 0.262. The summed E-state index contributed by atoms with van der Waals surface area (Å²) in [5, 5.41) is 8.09. The van der Waals surface area contributed by atoms with Gasteiger partial charge in [0.1, 0.15) is 12.0 Å². The van der Waals surface area contributed by atoms with E-state index in [-0.39, 0.29) is 17.0 Å². The molecule has 8 nitrogen and oxygen atoms in total. The Kier molecular flexibility index (Phi) is 4.51. The third-order valence-corrected chi connectivity index (χ3v) is 3.71. The van der Waals surface area contributed by atoms with Crippen LogP contribution in [-0.4, -0.2) is 25.6 Å². The van der Waals surface area contributed by atoms with Crippen molar-refractivity contribution in [1.29, 1.82) is 0 Å². The second-order valence-electron chi connectivity index (χ2n) is 5.97. The van der Waals surface area contributed by atoms with Gasteiger partial charge in [0, 0.05) is 5.69 Å². The summed E-state index contributed by atoms with van der Waals surface area (Å²) in [5.41, 5.74) is 3.05. The number of fused-ring (bicyclic) bond motifs is 1. The van der Waals surface area contributed by atoms with Crippen molar-refractivity contribution in [2.75, 3.05) is 10.6 Å². The third kappa shape index (κ3) is 3.52. The first kappa shape index (κ1) is 16.7. The van der Waals surface area contributed by atoms with Crippen molar-refractivity contribution in [3.8, 4) is 0 Å². The molecule has 0 atom stereocenters. The summed E-state index contributed by atoms with van der Waals surface area (Å²) in [5.74, 6) is 0.286. The van der Waals surface area contributed by atoms with Crippen molar-refractivity contribution < 1.29 is 4.79 Å². The van der Waals surface area contributed by atoms with Crippen LogP contribution in [0.3, 0.4) is 0 Å². The summed E-state index contributed by atoms with van der Waals surface area (Å²) in [4.78, 5) is 33.3. The average Bonchev–Trinajstić information content (AvgIpc) is 2.99. The van der Waals surface area contributed by atoms with E-state index in [0.717, 1.165) is 17.5 Å². The molecule has 0 radical (unpaired) electrons. The standard InChI is InChI=1S/C17H20N6O2/c1-4-5-13-14(15(24)23-16(21-13)18-9-19-23)22-17(25)20-12-7-10(2)6-11(3)8-12/h6-9H,4-5H2,1-3H3,(H,18,19,21)(H2,20,22,25). The minimum atomic E-state index is -0.485. The molecule has 3 aromatic rings. The van der Waals surface area contributed by atoms with Gasteiger partial charge in [-0.3, -0.25) is 9.89 Å². The van der Waals surface area contributed by atoms with Crippen molar-refractivity contribution in [1.82, 2.24) is 19.6 Å². The lowest BCUT2D eigenvalue weighted by Crippen LogP contribution is -2.28. The highest BCUT2D eigenvalue weighted by Gasteiger charge is 2.16. The maximum Gasteiger partial charge on any atom is 0.323 e. The van der Waals surface area contributed by atoms with Crippen LogP contribution in [0.5, 0.6) is 0 Å². The zero-order chi connectivity index (χ0) is 18.0. The molecule has 130 valence electrons. The Hall–Kier alpha value is -3.16. The number of benzene rings is 1. The molecule has 25 heavy (non-hydrogen) atoms. The number of aromatic amines is 1. The summed E-state index contributed by atoms with van der Waals surface area (Å²) < 4.78 is 1.20. The van der Waals surface area contributed by atoms with Crippen LogP contribution < -0.4 is 16.2 Å². The summed E-state index contributed by atoms with van der Waals surface area (Å²) in [6.45, 7) is 5.89. The fourth-order valence-electron chi connectivity index (χ4n) is 2.77. The molecule has 3 N–H and O–H groups in total. The smallest absolute Gasteiger partial charge is 0.308 e. The van der Waals surface area contributed by atoms with E-state index >= 15 is 0 Å². The highest BCUT2D eigenvalue weighted by molar-refractivity contribution is 6.00. The van der Waals surface area contributed by atoms with Crippen LogP contribution in [0.2, 0.25) is 0 Å². The number of carbonyl (C=O) groups is 1. The predicted octanol–water partition coefficient (Wildman–Crippen LogP) is 2.63. The molecule has 0 aliphatic rings. The Balaban J connectivity index is 1.90. The summed E-state index contributed by atoms with van der Waals surface area (Å²) in [6.07, 6.45) is 2.75. The van der Waals surface area contributed by atoms with Crippen molar-refractivity contribution >= 4 is 23.2 Å². The molecule has 3 rings (SSSR count). The molecule has 0 bridgehead atoms. The zero-order valence-corrected chi connectivity index (χ0v) is 14.4. The van der Waals surface area contributed by atoms with E-state index in [0.29, 0.717) is 17.8 Å². The summed E-state index contributed by atoms with van der Waals surface area (Å²) >= 11 is 0. The van der Waals surface area contributed by atoms with Gasteiger partial charge in [-0.05, 0) is 43.5 Å². The number of aryl methyl sites for hydroxylation is 3. The van der Waals surface area contributed by atoms with Crippen LogP contribution in [0.1, 0.15) is 30.2 Å². The number of aromatic nitrogens is 4. The maximum atomic E-state index is 12.6. The van der Waals surface area contributed by atoms with Gasteiger partial charge in [0.25, 0.3) is 11.3 Å². The Labute approximate surface area is 144 Å². The summed E-state index contributed by atoms with van der Waals surface area (Å²) in [7, 11) is 0. The van der Waals surface area contributed by atoms with Gasteiger partial charge < -0.3 is 10.6 Å². The third-order valence-electron chi connectivity index (χ3n) is 3.71. The van der Waals surface area contributed by atoms with Crippen LogP contribution in [0.15, 0.2) is 29.3 Å². The van der Waals surface area contributed by atoms with Crippen LogP contribution >= 0.6 is 0 Å². The van der Waals surface area contributed by atoms with E-state index in [1.54, 1.807) is 0 Å². The largest absolute Gasteiger partial charge is 0.323 e. The van der Waals surface area contributed by atoms with Crippen molar-refractivity contribution in [2.45, 2.75) is 33.6 Å². The Morgan fingerprint density at radius 3 is 2.60 bits per heavy atom.